The number of hydrogen-bond donors (Lipinski definition) is 0. The average Bonchev–Trinajstić information content (AvgIpc) is 2.47. The van der Waals surface area contributed by atoms with Crippen LogP contribution < -0.4 is 40.1 Å². The molecule has 3 aromatic rings. The number of rotatable bonds is 2. The van der Waals surface area contributed by atoms with Crippen molar-refractivity contribution >= 4 is 27.9 Å². The first-order valence-corrected chi connectivity index (χ1v) is 6.66. The molecular formula is C17H13NaO4. The molecule has 22 heavy (non-hydrogen) atoms. The molecule has 0 saturated heterocycles. The summed E-state index contributed by atoms with van der Waals surface area (Å²) in [6.07, 6.45) is 0. The van der Waals surface area contributed by atoms with Crippen molar-refractivity contribution in [2.24, 2.45) is 0 Å². The van der Waals surface area contributed by atoms with Gasteiger partial charge in [0.2, 0.25) is 5.43 Å². The zero-order valence-corrected chi connectivity index (χ0v) is 14.7. The molecule has 4 nitrogen and oxygen atoms in total. The maximum Gasteiger partial charge on any atom is 1.00 e. The molecule has 0 spiro atoms. The Hall–Kier alpha value is -1.62. The van der Waals surface area contributed by atoms with Crippen molar-refractivity contribution < 1.29 is 43.9 Å². The molecule has 0 fully saturated rings. The van der Waals surface area contributed by atoms with E-state index in [1.807, 2.05) is 13.0 Å². The summed E-state index contributed by atoms with van der Waals surface area (Å²) >= 11 is 0. The molecule has 0 N–H and O–H groups in total. The van der Waals surface area contributed by atoms with E-state index >= 15 is 0 Å². The van der Waals surface area contributed by atoms with Crippen LogP contribution in [-0.2, 0) is 4.79 Å². The van der Waals surface area contributed by atoms with Gasteiger partial charge in [0.15, 0.2) is 0 Å². The summed E-state index contributed by atoms with van der Waals surface area (Å²) in [6.45, 7) is 3.37. The van der Waals surface area contributed by atoms with Crippen LogP contribution in [0.4, 0.5) is 0 Å². The van der Waals surface area contributed by atoms with Crippen LogP contribution in [0.5, 0.6) is 0 Å². The number of carboxylic acids is 1. The van der Waals surface area contributed by atoms with Gasteiger partial charge in [-0.15, -0.1) is 0 Å². The molecule has 3 rings (SSSR count). The molecule has 5 heteroatoms. The smallest absolute Gasteiger partial charge is 0.550 e. The van der Waals surface area contributed by atoms with E-state index in [-0.39, 0.29) is 35.0 Å². The molecule has 0 saturated carbocycles. The molecule has 2 aromatic carbocycles. The number of carboxylic acid groups (broad SMARTS) is 1. The predicted molar refractivity (Wildman–Crippen MR) is 78.1 cm³/mol. The second kappa shape index (κ2) is 6.24. The number of carbonyl (C=O) groups is 1. The molecule has 0 aliphatic heterocycles. The Balaban J connectivity index is 0.00000176. The minimum absolute atomic E-state index is 0. The number of aliphatic carboxylic acids is 1. The Bertz CT molecular complexity index is 927. The van der Waals surface area contributed by atoms with Gasteiger partial charge in [0.1, 0.15) is 11.2 Å². The monoisotopic (exact) mass is 304 g/mol. The van der Waals surface area contributed by atoms with Gasteiger partial charge in [-0.05, 0) is 24.6 Å². The van der Waals surface area contributed by atoms with Crippen molar-refractivity contribution in [1.29, 1.82) is 0 Å². The Labute approximate surface area is 149 Å². The van der Waals surface area contributed by atoms with Crippen molar-refractivity contribution in [2.45, 2.75) is 19.8 Å². The predicted octanol–water partition coefficient (Wildman–Crippen LogP) is -0.888. The summed E-state index contributed by atoms with van der Waals surface area (Å²) in [5.41, 5.74) is 1.95. The van der Waals surface area contributed by atoms with Crippen molar-refractivity contribution in [3.05, 3.63) is 57.7 Å². The fourth-order valence-electron chi connectivity index (χ4n) is 2.53. The number of aryl methyl sites for hydroxylation is 1. The zero-order chi connectivity index (χ0) is 15.1. The summed E-state index contributed by atoms with van der Waals surface area (Å²) in [6, 6.07) is 10.3. The number of para-hydroxylation sites is 2. The quantitative estimate of drug-likeness (QED) is 0.455. The van der Waals surface area contributed by atoms with Gasteiger partial charge in [0.05, 0.1) is 10.8 Å². The van der Waals surface area contributed by atoms with Crippen LogP contribution in [0, 0.1) is 6.92 Å². The van der Waals surface area contributed by atoms with E-state index in [9.17, 15) is 14.7 Å². The molecule has 0 aliphatic rings. The second-order valence-corrected chi connectivity index (χ2v) is 5.15. The van der Waals surface area contributed by atoms with Gasteiger partial charge >= 0.3 is 29.6 Å². The minimum atomic E-state index is -1.20. The van der Waals surface area contributed by atoms with E-state index in [2.05, 4.69) is 0 Å². The summed E-state index contributed by atoms with van der Waals surface area (Å²) < 4.78 is 5.87. The number of fused-ring (bicyclic) bond motifs is 2. The molecule has 0 amide bonds. The van der Waals surface area contributed by atoms with Crippen LogP contribution >= 0.6 is 0 Å². The molecular weight excluding hydrogens is 291 g/mol. The van der Waals surface area contributed by atoms with Gasteiger partial charge in [-0.1, -0.05) is 31.2 Å². The molecule has 0 radical (unpaired) electrons. The van der Waals surface area contributed by atoms with Gasteiger partial charge in [0, 0.05) is 17.5 Å². The maximum absolute atomic E-state index is 12.6. The molecule has 0 aliphatic carbocycles. The van der Waals surface area contributed by atoms with Crippen molar-refractivity contribution in [1.82, 2.24) is 0 Å². The van der Waals surface area contributed by atoms with Crippen LogP contribution in [0.2, 0.25) is 0 Å². The van der Waals surface area contributed by atoms with E-state index in [1.54, 1.807) is 30.3 Å². The van der Waals surface area contributed by atoms with Crippen molar-refractivity contribution in [3.8, 4) is 0 Å². The normalized spacial score (nSPS) is 12.1. The summed E-state index contributed by atoms with van der Waals surface area (Å²) in [7, 11) is 0. The Morgan fingerprint density at radius 1 is 1.09 bits per heavy atom. The fraction of sp³-hybridized carbons (Fsp3) is 0.176. The van der Waals surface area contributed by atoms with E-state index in [1.165, 1.54) is 6.92 Å². The van der Waals surface area contributed by atoms with Crippen molar-refractivity contribution in [3.63, 3.8) is 0 Å². The maximum atomic E-state index is 12.6. The van der Waals surface area contributed by atoms with Gasteiger partial charge in [-0.25, -0.2) is 0 Å². The van der Waals surface area contributed by atoms with Gasteiger partial charge in [0.25, 0.3) is 0 Å². The minimum Gasteiger partial charge on any atom is -0.550 e. The SMILES string of the molecule is Cc1cccc2c(=O)c3cccc([C@@H](C)C(=O)[O-])c3oc12.[Na+]. The average molecular weight is 304 g/mol. The van der Waals surface area contributed by atoms with Crippen LogP contribution in [0.15, 0.2) is 45.6 Å². The molecule has 1 heterocycles. The zero-order valence-electron chi connectivity index (χ0n) is 12.7. The third-order valence-electron chi connectivity index (χ3n) is 3.77. The standard InChI is InChI=1S/C17H14O4.Na/c1-9-5-3-7-12-14(18)13-8-4-6-11(10(2)17(19)20)16(13)21-15(9)12;/h3-8,10H,1-2H3,(H,19,20);/q;+1/p-1/t10-;/m1./s1. The third kappa shape index (κ3) is 2.58. The van der Waals surface area contributed by atoms with Crippen LogP contribution in [0.3, 0.4) is 0 Å². The second-order valence-electron chi connectivity index (χ2n) is 5.15. The largest absolute Gasteiger partial charge is 1.00 e. The van der Waals surface area contributed by atoms with E-state index in [0.717, 1.165) is 5.56 Å². The van der Waals surface area contributed by atoms with E-state index in [4.69, 9.17) is 4.42 Å². The first-order chi connectivity index (χ1) is 10.0. The van der Waals surface area contributed by atoms with E-state index in [0.29, 0.717) is 27.5 Å². The molecule has 0 unspecified atom stereocenters. The van der Waals surface area contributed by atoms with E-state index < -0.39 is 11.9 Å². The summed E-state index contributed by atoms with van der Waals surface area (Å²) in [5, 5.41) is 12.0. The van der Waals surface area contributed by atoms with Crippen LogP contribution in [-0.4, -0.2) is 5.97 Å². The molecule has 106 valence electrons. The Kier molecular flexibility index (Phi) is 4.75. The third-order valence-corrected chi connectivity index (χ3v) is 3.77. The number of hydrogen-bond acceptors (Lipinski definition) is 4. The molecule has 0 bridgehead atoms. The summed E-state index contributed by atoms with van der Waals surface area (Å²) in [5.74, 6) is -2.05. The summed E-state index contributed by atoms with van der Waals surface area (Å²) in [4.78, 5) is 23.7. The van der Waals surface area contributed by atoms with Crippen LogP contribution in [0.1, 0.15) is 24.0 Å². The molecule has 1 aromatic heterocycles. The Morgan fingerprint density at radius 2 is 1.68 bits per heavy atom. The van der Waals surface area contributed by atoms with Crippen molar-refractivity contribution in [2.75, 3.05) is 0 Å². The first-order valence-electron chi connectivity index (χ1n) is 6.66. The number of carbonyl (C=O) groups excluding carboxylic acids is 1. The van der Waals surface area contributed by atoms with Gasteiger partial charge in [-0.2, -0.15) is 0 Å². The molecule has 1 atom stereocenters. The number of benzene rings is 2. The van der Waals surface area contributed by atoms with Gasteiger partial charge < -0.3 is 14.3 Å². The first kappa shape index (κ1) is 16.7. The fourth-order valence-corrected chi connectivity index (χ4v) is 2.53. The van der Waals surface area contributed by atoms with Gasteiger partial charge in [-0.3, -0.25) is 4.79 Å². The van der Waals surface area contributed by atoms with Crippen LogP contribution in [0.25, 0.3) is 21.9 Å². The Morgan fingerprint density at radius 3 is 2.32 bits per heavy atom. The topological polar surface area (TPSA) is 70.3 Å².